The predicted molar refractivity (Wildman–Crippen MR) is 146 cm³/mol. The number of fused-ring (bicyclic) bond motifs is 2. The molecular formula is C28H20Al2N2O7. The van der Waals surface area contributed by atoms with Gasteiger partial charge in [-0.15, -0.1) is 0 Å². The number of hydrogen-bond donors (Lipinski definition) is 0. The summed E-state index contributed by atoms with van der Waals surface area (Å²) in [6.07, 6.45) is 0. The van der Waals surface area contributed by atoms with Crippen LogP contribution in [0.3, 0.4) is 0 Å². The van der Waals surface area contributed by atoms with Crippen LogP contribution in [0, 0.1) is 0 Å². The molecule has 4 aromatic carbocycles. The molecule has 0 saturated carbocycles. The van der Waals surface area contributed by atoms with Gasteiger partial charge in [-0.1, -0.05) is 24.3 Å². The summed E-state index contributed by atoms with van der Waals surface area (Å²) >= 11 is -1.82. The highest BCUT2D eigenvalue weighted by atomic mass is 27.3. The van der Waals surface area contributed by atoms with Crippen LogP contribution in [-0.4, -0.2) is 56.0 Å². The lowest BCUT2D eigenvalue weighted by molar-refractivity contribution is 0.400. The molecule has 0 bridgehead atoms. The minimum absolute atomic E-state index is 0.455. The molecule has 2 heterocycles. The maximum absolute atomic E-state index is 6.03. The van der Waals surface area contributed by atoms with Crippen LogP contribution in [-0.2, 0) is 2.84 Å². The third-order valence-corrected chi connectivity index (χ3v) is 7.48. The second kappa shape index (κ2) is 11.4. The van der Waals surface area contributed by atoms with Crippen LogP contribution in [0.4, 0.5) is 0 Å². The lowest BCUT2D eigenvalue weighted by Gasteiger charge is -2.14. The summed E-state index contributed by atoms with van der Waals surface area (Å²) in [4.78, 5) is 9.18. The van der Waals surface area contributed by atoms with E-state index in [9.17, 15) is 0 Å². The lowest BCUT2D eigenvalue weighted by Crippen LogP contribution is -2.16. The van der Waals surface area contributed by atoms with Crippen molar-refractivity contribution >= 4 is 54.0 Å². The molecule has 2 radical (unpaired) electrons. The van der Waals surface area contributed by atoms with E-state index < -0.39 is 31.8 Å². The Balaban J connectivity index is 1.16. The van der Waals surface area contributed by atoms with Crippen molar-refractivity contribution in [3.05, 3.63) is 84.9 Å². The highest BCUT2D eigenvalue weighted by molar-refractivity contribution is 6.35. The first-order chi connectivity index (χ1) is 19.2. The summed E-state index contributed by atoms with van der Waals surface area (Å²) in [5.74, 6) is 3.29. The largest absolute Gasteiger partial charge is 0.743 e. The summed E-state index contributed by atoms with van der Waals surface area (Å²) in [6.45, 7) is 0. The number of para-hydroxylation sites is 4. The van der Waals surface area contributed by atoms with Gasteiger partial charge in [-0.3, -0.25) is 0 Å². The second-order valence-corrected chi connectivity index (χ2v) is 10.2. The Labute approximate surface area is 237 Å². The van der Waals surface area contributed by atoms with Crippen LogP contribution in [0.2, 0.25) is 0 Å². The average molecular weight is 550 g/mol. The molecule has 0 aliphatic heterocycles. The zero-order valence-corrected chi connectivity index (χ0v) is 23.3. The van der Waals surface area contributed by atoms with Crippen molar-refractivity contribution in [2.75, 3.05) is 14.2 Å². The third-order valence-electron chi connectivity index (χ3n) is 5.89. The molecule has 9 nitrogen and oxygen atoms in total. The van der Waals surface area contributed by atoms with E-state index >= 15 is 0 Å². The number of nitrogens with zero attached hydrogens (tertiary/aromatic N) is 2. The molecule has 0 fully saturated rings. The van der Waals surface area contributed by atoms with Crippen molar-refractivity contribution < 1.29 is 28.7 Å². The van der Waals surface area contributed by atoms with Crippen molar-refractivity contribution in [1.29, 1.82) is 0 Å². The van der Waals surface area contributed by atoms with Crippen LogP contribution >= 0.6 is 0 Å². The summed E-state index contributed by atoms with van der Waals surface area (Å²) in [7, 11) is 3.20. The number of aromatic nitrogens is 2. The van der Waals surface area contributed by atoms with E-state index in [1.165, 1.54) is 0 Å². The maximum Gasteiger partial charge on any atom is 0.743 e. The molecule has 0 aliphatic rings. The molecule has 11 heteroatoms. The Morgan fingerprint density at radius 3 is 1.49 bits per heavy atom. The van der Waals surface area contributed by atoms with Gasteiger partial charge in [0.1, 0.15) is 22.5 Å². The molecule has 39 heavy (non-hydrogen) atoms. The zero-order valence-electron chi connectivity index (χ0n) is 21.0. The van der Waals surface area contributed by atoms with Crippen LogP contribution in [0.25, 0.3) is 45.1 Å². The van der Waals surface area contributed by atoms with Gasteiger partial charge >= 0.3 is 31.8 Å². The predicted octanol–water partition coefficient (Wildman–Crippen LogP) is 5.86. The van der Waals surface area contributed by atoms with Gasteiger partial charge in [-0.05, 0) is 48.5 Å². The summed E-state index contributed by atoms with van der Waals surface area (Å²) in [5, 5.41) is 0. The molecule has 0 aliphatic carbocycles. The minimum Gasteiger partial charge on any atom is -0.626 e. The standard InChI is InChI=1S/2C14H11NO3.2Al.O/c2*1-17-9-6-7-10(12(16)8-9)14-15-11-4-2-3-5-13(11)18-14;;;/h2*2-8,16H,1H3;;;/q;;2*+1;/p-2. The highest BCUT2D eigenvalue weighted by Gasteiger charge is 2.19. The van der Waals surface area contributed by atoms with Crippen molar-refractivity contribution in [3.8, 4) is 45.9 Å². The molecule has 6 aromatic rings. The SMILES string of the molecule is COc1ccc(-c2nc3ccccc3o2)c([O][Al][O][Al][O]c2cc(OC)ccc2-c2nc3ccccc3o2)c1. The Bertz CT molecular complexity index is 1560. The molecule has 2 aromatic heterocycles. The first-order valence-corrected chi connectivity index (χ1v) is 13.8. The Kier molecular flexibility index (Phi) is 7.42. The van der Waals surface area contributed by atoms with Crippen molar-refractivity contribution in [1.82, 2.24) is 9.97 Å². The van der Waals surface area contributed by atoms with Crippen molar-refractivity contribution in [2.45, 2.75) is 0 Å². The summed E-state index contributed by atoms with van der Waals surface area (Å²) < 4.78 is 40.5. The number of rotatable bonds is 10. The van der Waals surface area contributed by atoms with Gasteiger partial charge in [-0.25, -0.2) is 9.97 Å². The van der Waals surface area contributed by atoms with E-state index in [0.717, 1.165) is 11.0 Å². The number of benzene rings is 4. The Morgan fingerprint density at radius 2 is 1.05 bits per heavy atom. The van der Waals surface area contributed by atoms with Crippen LogP contribution in [0.1, 0.15) is 0 Å². The van der Waals surface area contributed by atoms with E-state index in [1.54, 1.807) is 26.4 Å². The van der Waals surface area contributed by atoms with Gasteiger partial charge in [0.2, 0.25) is 11.8 Å². The van der Waals surface area contributed by atoms with Gasteiger partial charge in [-0.2, -0.15) is 0 Å². The van der Waals surface area contributed by atoms with Crippen LogP contribution in [0.15, 0.2) is 93.8 Å². The van der Waals surface area contributed by atoms with E-state index in [0.29, 0.717) is 57.1 Å². The monoisotopic (exact) mass is 550 g/mol. The second-order valence-electron chi connectivity index (χ2n) is 8.26. The van der Waals surface area contributed by atoms with Gasteiger partial charge < -0.3 is 28.7 Å². The minimum atomic E-state index is -0.908. The average Bonchev–Trinajstić information content (AvgIpc) is 3.61. The van der Waals surface area contributed by atoms with Gasteiger partial charge in [0.05, 0.1) is 36.8 Å². The first kappa shape index (κ1) is 25.3. The summed E-state index contributed by atoms with van der Waals surface area (Å²) in [5.41, 5.74) is 4.33. The molecule has 190 valence electrons. The quantitative estimate of drug-likeness (QED) is 0.153. The molecule has 6 rings (SSSR count). The third kappa shape index (κ3) is 5.46. The summed E-state index contributed by atoms with van der Waals surface area (Å²) in [6, 6.07) is 26.1. The number of ether oxygens (including phenoxy) is 2. The Morgan fingerprint density at radius 1 is 0.590 bits per heavy atom. The molecule has 0 amide bonds. The molecule has 0 saturated heterocycles. The van der Waals surface area contributed by atoms with E-state index in [-0.39, 0.29) is 0 Å². The van der Waals surface area contributed by atoms with Crippen molar-refractivity contribution in [3.63, 3.8) is 0 Å². The van der Waals surface area contributed by atoms with E-state index in [1.807, 2.05) is 72.8 Å². The fraction of sp³-hybridized carbons (Fsp3) is 0.0714. The lowest BCUT2D eigenvalue weighted by atomic mass is 10.2. The highest BCUT2D eigenvalue weighted by Crippen LogP contribution is 2.36. The van der Waals surface area contributed by atoms with Gasteiger partial charge in [0.25, 0.3) is 0 Å². The van der Waals surface area contributed by atoms with E-state index in [2.05, 4.69) is 9.97 Å². The number of hydrogen-bond acceptors (Lipinski definition) is 9. The smallest absolute Gasteiger partial charge is 0.626 e. The van der Waals surface area contributed by atoms with Gasteiger partial charge in [0.15, 0.2) is 11.2 Å². The molecule has 0 atom stereocenters. The molecule has 0 unspecified atom stereocenters. The molecular weight excluding hydrogens is 530 g/mol. The first-order valence-electron chi connectivity index (χ1n) is 11.9. The Hall–Kier alpha value is -3.96. The zero-order chi connectivity index (χ0) is 26.6. The van der Waals surface area contributed by atoms with Crippen LogP contribution < -0.4 is 17.1 Å². The topological polar surface area (TPSA) is 98.2 Å². The van der Waals surface area contributed by atoms with Gasteiger partial charge in [0, 0.05) is 12.1 Å². The van der Waals surface area contributed by atoms with Crippen LogP contribution in [0.5, 0.6) is 23.0 Å². The fourth-order valence-corrected chi connectivity index (χ4v) is 5.19. The number of oxazole rings is 2. The van der Waals surface area contributed by atoms with E-state index in [4.69, 9.17) is 28.7 Å². The molecule has 0 N–H and O–H groups in total. The maximum atomic E-state index is 6.03. The van der Waals surface area contributed by atoms with Crippen molar-refractivity contribution in [2.24, 2.45) is 0 Å². The number of methoxy groups -OCH3 is 2. The molecule has 0 spiro atoms. The normalized spacial score (nSPS) is 10.9. The fourth-order valence-electron chi connectivity index (χ4n) is 3.96.